The number of hydrogen-bond acceptors (Lipinski definition) is 3. The standard InChI is InChI=1S/C8H13BrO3/c1-2-12-7(10)8(9)4-3-5-11-6-8/h2-6H2,1H3/t8-/m0/s1. The second-order valence-electron chi connectivity index (χ2n) is 2.84. The van der Waals surface area contributed by atoms with Crippen LogP contribution in [0.4, 0.5) is 0 Å². The third-order valence-corrected chi connectivity index (χ3v) is 2.78. The number of esters is 1. The van der Waals surface area contributed by atoms with Crippen LogP contribution in [0.25, 0.3) is 0 Å². The topological polar surface area (TPSA) is 35.5 Å². The van der Waals surface area contributed by atoms with Crippen LogP contribution in [0.5, 0.6) is 0 Å². The Morgan fingerprint density at radius 1 is 1.75 bits per heavy atom. The molecule has 0 spiro atoms. The number of ether oxygens (including phenoxy) is 2. The molecule has 1 saturated heterocycles. The lowest BCUT2D eigenvalue weighted by Gasteiger charge is -2.28. The molecule has 0 aliphatic carbocycles. The first-order valence-electron chi connectivity index (χ1n) is 4.13. The van der Waals surface area contributed by atoms with E-state index in [2.05, 4.69) is 15.9 Å². The van der Waals surface area contributed by atoms with Crippen molar-refractivity contribution in [2.75, 3.05) is 19.8 Å². The zero-order valence-electron chi connectivity index (χ0n) is 7.14. The summed E-state index contributed by atoms with van der Waals surface area (Å²) in [4.78, 5) is 11.4. The van der Waals surface area contributed by atoms with E-state index < -0.39 is 4.32 Å². The van der Waals surface area contributed by atoms with Gasteiger partial charge in [-0.05, 0) is 19.8 Å². The van der Waals surface area contributed by atoms with Crippen molar-refractivity contribution in [3.8, 4) is 0 Å². The van der Waals surface area contributed by atoms with Gasteiger partial charge in [0.15, 0.2) is 0 Å². The predicted octanol–water partition coefficient (Wildman–Crippen LogP) is 1.49. The van der Waals surface area contributed by atoms with Crippen molar-refractivity contribution in [2.24, 2.45) is 0 Å². The average Bonchev–Trinajstić information content (AvgIpc) is 2.06. The fraction of sp³-hybridized carbons (Fsp3) is 0.875. The van der Waals surface area contributed by atoms with Crippen molar-refractivity contribution in [1.82, 2.24) is 0 Å². The van der Waals surface area contributed by atoms with Crippen LogP contribution in [-0.2, 0) is 14.3 Å². The van der Waals surface area contributed by atoms with E-state index in [1.165, 1.54) is 0 Å². The minimum absolute atomic E-state index is 0.204. The van der Waals surface area contributed by atoms with E-state index in [1.807, 2.05) is 0 Å². The third-order valence-electron chi connectivity index (χ3n) is 1.83. The van der Waals surface area contributed by atoms with Crippen molar-refractivity contribution in [2.45, 2.75) is 24.1 Å². The first-order chi connectivity index (χ1) is 5.69. The molecule has 1 atom stereocenters. The first kappa shape index (κ1) is 9.99. The van der Waals surface area contributed by atoms with E-state index in [9.17, 15) is 4.79 Å². The van der Waals surface area contributed by atoms with Gasteiger partial charge in [0, 0.05) is 6.61 Å². The number of alkyl halides is 1. The summed E-state index contributed by atoms with van der Waals surface area (Å²) < 4.78 is 9.54. The zero-order valence-corrected chi connectivity index (χ0v) is 8.72. The van der Waals surface area contributed by atoms with Crippen LogP contribution in [0.2, 0.25) is 0 Å². The number of rotatable bonds is 2. The van der Waals surface area contributed by atoms with Crippen molar-refractivity contribution < 1.29 is 14.3 Å². The smallest absolute Gasteiger partial charge is 0.325 e. The Hall–Kier alpha value is -0.0900. The summed E-state index contributed by atoms with van der Waals surface area (Å²) in [6.07, 6.45) is 1.70. The summed E-state index contributed by atoms with van der Waals surface area (Å²) in [7, 11) is 0. The molecule has 1 fully saturated rings. The number of carbonyl (C=O) groups is 1. The summed E-state index contributed by atoms with van der Waals surface area (Å²) in [5.41, 5.74) is 0. The number of hydrogen-bond donors (Lipinski definition) is 0. The Balaban J connectivity index is 2.50. The van der Waals surface area contributed by atoms with E-state index in [0.717, 1.165) is 19.4 Å². The lowest BCUT2D eigenvalue weighted by Crippen LogP contribution is -2.41. The van der Waals surface area contributed by atoms with Crippen LogP contribution < -0.4 is 0 Å². The fourth-order valence-corrected chi connectivity index (χ4v) is 1.74. The highest BCUT2D eigenvalue weighted by atomic mass is 79.9. The maximum Gasteiger partial charge on any atom is 0.325 e. The SMILES string of the molecule is CCOC(=O)[C@]1(Br)CCCOC1. The maximum atomic E-state index is 11.4. The van der Waals surface area contributed by atoms with Gasteiger partial charge < -0.3 is 9.47 Å². The molecule has 4 heteroatoms. The van der Waals surface area contributed by atoms with Gasteiger partial charge in [-0.2, -0.15) is 0 Å². The van der Waals surface area contributed by atoms with Crippen LogP contribution in [-0.4, -0.2) is 30.1 Å². The molecular formula is C8H13BrO3. The molecule has 0 N–H and O–H groups in total. The summed E-state index contributed by atoms with van der Waals surface area (Å²) in [6, 6.07) is 0. The van der Waals surface area contributed by atoms with Crippen LogP contribution in [0.15, 0.2) is 0 Å². The van der Waals surface area contributed by atoms with Gasteiger partial charge in [-0.1, -0.05) is 15.9 Å². The lowest BCUT2D eigenvalue weighted by molar-refractivity contribution is -0.149. The Morgan fingerprint density at radius 2 is 2.50 bits per heavy atom. The van der Waals surface area contributed by atoms with Crippen LogP contribution in [0, 0.1) is 0 Å². The van der Waals surface area contributed by atoms with Crippen molar-refractivity contribution >= 4 is 21.9 Å². The number of carbonyl (C=O) groups excluding carboxylic acids is 1. The van der Waals surface area contributed by atoms with E-state index in [-0.39, 0.29) is 5.97 Å². The van der Waals surface area contributed by atoms with Gasteiger partial charge in [0.1, 0.15) is 4.32 Å². The molecule has 0 bridgehead atoms. The molecule has 1 rings (SSSR count). The van der Waals surface area contributed by atoms with Gasteiger partial charge in [-0.3, -0.25) is 4.79 Å². The van der Waals surface area contributed by atoms with Gasteiger partial charge in [0.25, 0.3) is 0 Å². The zero-order chi connectivity index (χ0) is 9.03. The van der Waals surface area contributed by atoms with E-state index in [1.54, 1.807) is 6.92 Å². The molecule has 70 valence electrons. The second kappa shape index (κ2) is 4.23. The first-order valence-corrected chi connectivity index (χ1v) is 4.92. The highest BCUT2D eigenvalue weighted by Gasteiger charge is 2.39. The summed E-state index contributed by atoms with van der Waals surface area (Å²) in [5, 5.41) is 0. The molecule has 0 unspecified atom stereocenters. The maximum absolute atomic E-state index is 11.4. The fourth-order valence-electron chi connectivity index (χ4n) is 1.18. The highest BCUT2D eigenvalue weighted by molar-refractivity contribution is 9.10. The average molecular weight is 237 g/mol. The minimum Gasteiger partial charge on any atom is -0.465 e. The molecule has 12 heavy (non-hydrogen) atoms. The van der Waals surface area contributed by atoms with Gasteiger partial charge in [-0.15, -0.1) is 0 Å². The quantitative estimate of drug-likeness (QED) is 0.539. The third kappa shape index (κ3) is 2.20. The number of halogens is 1. The van der Waals surface area contributed by atoms with Crippen molar-refractivity contribution in [3.63, 3.8) is 0 Å². The Kier molecular flexibility index (Phi) is 3.53. The monoisotopic (exact) mass is 236 g/mol. The van der Waals surface area contributed by atoms with Gasteiger partial charge >= 0.3 is 5.97 Å². The molecule has 0 aromatic rings. The predicted molar refractivity (Wildman–Crippen MR) is 48.3 cm³/mol. The highest BCUT2D eigenvalue weighted by Crippen LogP contribution is 2.29. The van der Waals surface area contributed by atoms with Crippen molar-refractivity contribution in [3.05, 3.63) is 0 Å². The minimum atomic E-state index is -0.582. The van der Waals surface area contributed by atoms with Crippen LogP contribution in [0.3, 0.4) is 0 Å². The Bertz CT molecular complexity index is 164. The van der Waals surface area contributed by atoms with E-state index in [4.69, 9.17) is 9.47 Å². The molecule has 0 radical (unpaired) electrons. The summed E-state index contributed by atoms with van der Waals surface area (Å²) in [6.45, 7) is 3.39. The summed E-state index contributed by atoms with van der Waals surface area (Å²) >= 11 is 3.36. The van der Waals surface area contributed by atoms with Gasteiger partial charge in [0.2, 0.25) is 0 Å². The molecule has 1 aliphatic rings. The summed E-state index contributed by atoms with van der Waals surface area (Å²) in [5.74, 6) is -0.204. The molecule has 1 aliphatic heterocycles. The molecule has 0 amide bonds. The normalized spacial score (nSPS) is 29.8. The van der Waals surface area contributed by atoms with E-state index in [0.29, 0.717) is 13.2 Å². The Labute approximate surface area is 80.5 Å². The molecule has 3 nitrogen and oxygen atoms in total. The molecule has 1 heterocycles. The molecule has 0 saturated carbocycles. The van der Waals surface area contributed by atoms with Crippen LogP contribution >= 0.6 is 15.9 Å². The van der Waals surface area contributed by atoms with Gasteiger partial charge in [0.05, 0.1) is 13.2 Å². The molecular weight excluding hydrogens is 224 g/mol. The molecule has 0 aromatic carbocycles. The second-order valence-corrected chi connectivity index (χ2v) is 4.36. The van der Waals surface area contributed by atoms with Crippen molar-refractivity contribution in [1.29, 1.82) is 0 Å². The Morgan fingerprint density at radius 3 is 3.00 bits per heavy atom. The van der Waals surface area contributed by atoms with Crippen LogP contribution in [0.1, 0.15) is 19.8 Å². The largest absolute Gasteiger partial charge is 0.465 e. The van der Waals surface area contributed by atoms with Gasteiger partial charge in [-0.25, -0.2) is 0 Å². The lowest BCUT2D eigenvalue weighted by atomic mass is 10.0. The molecule has 0 aromatic heterocycles. The van der Waals surface area contributed by atoms with E-state index >= 15 is 0 Å².